The molecule has 0 bridgehead atoms. The average Bonchev–Trinajstić information content (AvgIpc) is 2.37. The first-order valence-corrected chi connectivity index (χ1v) is 6.30. The SMILES string of the molecule is CCOC(=O)N1CCN(C(=O)[C@@H](C)CC)CC1. The molecule has 1 atom stereocenters. The van der Waals surface area contributed by atoms with E-state index in [2.05, 4.69) is 0 Å². The summed E-state index contributed by atoms with van der Waals surface area (Å²) >= 11 is 0. The van der Waals surface area contributed by atoms with Crippen molar-refractivity contribution in [3.8, 4) is 0 Å². The first-order chi connectivity index (χ1) is 8.10. The summed E-state index contributed by atoms with van der Waals surface area (Å²) < 4.78 is 4.93. The van der Waals surface area contributed by atoms with Gasteiger partial charge in [0.25, 0.3) is 0 Å². The largest absolute Gasteiger partial charge is 0.450 e. The van der Waals surface area contributed by atoms with E-state index in [1.54, 1.807) is 11.8 Å². The molecule has 0 aromatic carbocycles. The number of rotatable bonds is 3. The molecule has 2 amide bonds. The molecule has 1 aliphatic rings. The molecular weight excluding hydrogens is 220 g/mol. The summed E-state index contributed by atoms with van der Waals surface area (Å²) in [4.78, 5) is 26.9. The van der Waals surface area contributed by atoms with Crippen molar-refractivity contribution >= 4 is 12.0 Å². The van der Waals surface area contributed by atoms with Crippen LogP contribution in [0.4, 0.5) is 4.79 Å². The highest BCUT2D eigenvalue weighted by Gasteiger charge is 2.26. The lowest BCUT2D eigenvalue weighted by Crippen LogP contribution is -2.51. The maximum Gasteiger partial charge on any atom is 0.409 e. The molecule has 0 aromatic heterocycles. The van der Waals surface area contributed by atoms with Crippen molar-refractivity contribution in [1.29, 1.82) is 0 Å². The van der Waals surface area contributed by atoms with Crippen molar-refractivity contribution in [2.24, 2.45) is 5.92 Å². The fourth-order valence-electron chi connectivity index (χ4n) is 1.81. The lowest BCUT2D eigenvalue weighted by Gasteiger charge is -2.35. The van der Waals surface area contributed by atoms with Gasteiger partial charge in [-0.1, -0.05) is 13.8 Å². The molecule has 0 saturated carbocycles. The molecule has 5 heteroatoms. The molecule has 1 aliphatic heterocycles. The van der Waals surface area contributed by atoms with Gasteiger partial charge in [0.05, 0.1) is 6.61 Å². The van der Waals surface area contributed by atoms with Gasteiger partial charge in [-0.25, -0.2) is 4.79 Å². The number of nitrogens with zero attached hydrogens (tertiary/aromatic N) is 2. The summed E-state index contributed by atoms with van der Waals surface area (Å²) in [6.45, 7) is 8.51. The molecule has 0 spiro atoms. The first kappa shape index (κ1) is 13.8. The third-order valence-corrected chi connectivity index (χ3v) is 3.15. The molecule has 0 aliphatic carbocycles. The normalized spacial score (nSPS) is 17.8. The topological polar surface area (TPSA) is 49.9 Å². The fraction of sp³-hybridized carbons (Fsp3) is 0.833. The van der Waals surface area contributed by atoms with Gasteiger partial charge in [0.15, 0.2) is 0 Å². The Morgan fingerprint density at radius 2 is 1.65 bits per heavy atom. The van der Waals surface area contributed by atoms with Crippen molar-refractivity contribution in [3.05, 3.63) is 0 Å². The van der Waals surface area contributed by atoms with Crippen LogP contribution in [-0.4, -0.2) is 54.6 Å². The predicted octanol–water partition coefficient (Wildman–Crippen LogP) is 1.33. The van der Waals surface area contributed by atoms with E-state index in [1.165, 1.54) is 0 Å². The minimum atomic E-state index is -0.275. The Morgan fingerprint density at radius 1 is 1.12 bits per heavy atom. The molecule has 1 fully saturated rings. The molecule has 0 unspecified atom stereocenters. The Bertz CT molecular complexity index is 273. The minimum absolute atomic E-state index is 0.0733. The van der Waals surface area contributed by atoms with E-state index in [9.17, 15) is 9.59 Å². The zero-order valence-corrected chi connectivity index (χ0v) is 10.9. The number of carbonyl (C=O) groups is 2. The van der Waals surface area contributed by atoms with E-state index in [1.807, 2.05) is 18.7 Å². The maximum absolute atomic E-state index is 11.9. The van der Waals surface area contributed by atoms with Crippen molar-refractivity contribution in [1.82, 2.24) is 9.80 Å². The molecule has 1 rings (SSSR count). The van der Waals surface area contributed by atoms with Gasteiger partial charge < -0.3 is 14.5 Å². The molecule has 1 heterocycles. The number of amides is 2. The van der Waals surface area contributed by atoms with Gasteiger partial charge in [0.2, 0.25) is 5.91 Å². The molecule has 0 aromatic rings. The quantitative estimate of drug-likeness (QED) is 0.750. The van der Waals surface area contributed by atoms with E-state index in [-0.39, 0.29) is 17.9 Å². The molecule has 0 radical (unpaired) electrons. The first-order valence-electron chi connectivity index (χ1n) is 6.30. The van der Waals surface area contributed by atoms with Gasteiger partial charge in [-0.05, 0) is 13.3 Å². The van der Waals surface area contributed by atoms with E-state index < -0.39 is 0 Å². The second-order valence-electron chi connectivity index (χ2n) is 4.32. The summed E-state index contributed by atoms with van der Waals surface area (Å²) in [6.07, 6.45) is 0.583. The van der Waals surface area contributed by atoms with Crippen LogP contribution in [0.5, 0.6) is 0 Å². The lowest BCUT2D eigenvalue weighted by atomic mass is 10.1. The standard InChI is InChI=1S/C12H22N2O3/c1-4-10(3)11(15)13-6-8-14(9-7-13)12(16)17-5-2/h10H,4-9H2,1-3H3/t10-/m0/s1. The van der Waals surface area contributed by atoms with Gasteiger partial charge in [-0.15, -0.1) is 0 Å². The molecule has 5 nitrogen and oxygen atoms in total. The van der Waals surface area contributed by atoms with Crippen LogP contribution in [0.1, 0.15) is 27.2 Å². The summed E-state index contributed by atoms with van der Waals surface area (Å²) in [7, 11) is 0. The summed E-state index contributed by atoms with van der Waals surface area (Å²) in [5.41, 5.74) is 0. The van der Waals surface area contributed by atoms with E-state index in [0.29, 0.717) is 32.8 Å². The second kappa shape index (κ2) is 6.47. The van der Waals surface area contributed by atoms with Gasteiger partial charge in [0, 0.05) is 32.1 Å². The Kier molecular flexibility index (Phi) is 5.25. The van der Waals surface area contributed by atoms with Crippen LogP contribution < -0.4 is 0 Å². The van der Waals surface area contributed by atoms with Crippen LogP contribution in [0, 0.1) is 5.92 Å². The number of hydrogen-bond acceptors (Lipinski definition) is 3. The van der Waals surface area contributed by atoms with Crippen LogP contribution in [0.2, 0.25) is 0 Å². The van der Waals surface area contributed by atoms with Gasteiger partial charge in [0.1, 0.15) is 0 Å². The van der Waals surface area contributed by atoms with Crippen LogP contribution >= 0.6 is 0 Å². The minimum Gasteiger partial charge on any atom is -0.450 e. The highest BCUT2D eigenvalue weighted by molar-refractivity contribution is 5.78. The average molecular weight is 242 g/mol. The number of carbonyl (C=O) groups excluding carboxylic acids is 2. The molecule has 1 saturated heterocycles. The highest BCUT2D eigenvalue weighted by Crippen LogP contribution is 2.10. The van der Waals surface area contributed by atoms with Gasteiger partial charge >= 0.3 is 6.09 Å². The van der Waals surface area contributed by atoms with Crippen molar-refractivity contribution in [2.45, 2.75) is 27.2 Å². The Labute approximate surface area is 103 Å². The summed E-state index contributed by atoms with van der Waals surface area (Å²) in [5.74, 6) is 0.264. The smallest absolute Gasteiger partial charge is 0.409 e. The van der Waals surface area contributed by atoms with Crippen molar-refractivity contribution < 1.29 is 14.3 Å². The molecule has 98 valence electrons. The predicted molar refractivity (Wildman–Crippen MR) is 64.6 cm³/mol. The van der Waals surface area contributed by atoms with Gasteiger partial charge in [-0.2, -0.15) is 0 Å². The maximum atomic E-state index is 11.9. The lowest BCUT2D eigenvalue weighted by molar-refractivity contribution is -0.136. The zero-order chi connectivity index (χ0) is 12.8. The fourth-order valence-corrected chi connectivity index (χ4v) is 1.81. The monoisotopic (exact) mass is 242 g/mol. The van der Waals surface area contributed by atoms with E-state index in [4.69, 9.17) is 4.74 Å². The van der Waals surface area contributed by atoms with Crippen LogP contribution in [0.15, 0.2) is 0 Å². The van der Waals surface area contributed by atoms with Gasteiger partial charge in [-0.3, -0.25) is 4.79 Å². The Hall–Kier alpha value is -1.26. The number of piperazine rings is 1. The van der Waals surface area contributed by atoms with E-state index >= 15 is 0 Å². The highest BCUT2D eigenvalue weighted by atomic mass is 16.6. The second-order valence-corrected chi connectivity index (χ2v) is 4.32. The summed E-state index contributed by atoms with van der Waals surface area (Å²) in [5, 5.41) is 0. The van der Waals surface area contributed by atoms with Crippen LogP contribution in [0.3, 0.4) is 0 Å². The van der Waals surface area contributed by atoms with Crippen LogP contribution in [-0.2, 0) is 9.53 Å². The number of hydrogen-bond donors (Lipinski definition) is 0. The molecule has 0 N–H and O–H groups in total. The van der Waals surface area contributed by atoms with Crippen molar-refractivity contribution in [2.75, 3.05) is 32.8 Å². The molecular formula is C12H22N2O3. The Morgan fingerprint density at radius 3 is 2.12 bits per heavy atom. The molecule has 17 heavy (non-hydrogen) atoms. The van der Waals surface area contributed by atoms with E-state index in [0.717, 1.165) is 6.42 Å². The third kappa shape index (κ3) is 3.61. The van der Waals surface area contributed by atoms with Crippen LogP contribution in [0.25, 0.3) is 0 Å². The Balaban J connectivity index is 2.40. The third-order valence-electron chi connectivity index (χ3n) is 3.15. The van der Waals surface area contributed by atoms with Crippen molar-refractivity contribution in [3.63, 3.8) is 0 Å². The zero-order valence-electron chi connectivity index (χ0n) is 10.9. The number of ether oxygens (including phenoxy) is 1. The summed E-state index contributed by atoms with van der Waals surface area (Å²) in [6, 6.07) is 0.